The number of rotatable bonds is 9. The molecule has 0 heterocycles. The van der Waals surface area contributed by atoms with Crippen molar-refractivity contribution in [1.82, 2.24) is 5.32 Å². The first-order chi connectivity index (χ1) is 13.0. The summed E-state index contributed by atoms with van der Waals surface area (Å²) < 4.78 is 23.8. The Bertz CT molecular complexity index is 788. The third-order valence-corrected chi connectivity index (χ3v) is 5.77. The molecule has 1 atom stereocenters. The van der Waals surface area contributed by atoms with Crippen LogP contribution in [0.2, 0.25) is 0 Å². The molecule has 2 rings (SSSR count). The van der Waals surface area contributed by atoms with Gasteiger partial charge in [-0.2, -0.15) is 0 Å². The lowest BCUT2D eigenvalue weighted by molar-refractivity contribution is 0.0956. The molecule has 0 radical (unpaired) electrons. The molecule has 0 bridgehead atoms. The maximum atomic E-state index is 13.2. The van der Waals surface area contributed by atoms with Crippen molar-refractivity contribution < 1.29 is 23.2 Å². The first kappa shape index (κ1) is 20.8. The normalized spacial score (nSPS) is 12.2. The van der Waals surface area contributed by atoms with Crippen molar-refractivity contribution in [2.75, 3.05) is 18.5 Å². The molecular weight excluding hydrogens is 367 g/mol. The summed E-state index contributed by atoms with van der Waals surface area (Å²) in [5.41, 5.74) is 0.825. The lowest BCUT2D eigenvalue weighted by Gasteiger charge is -2.26. The number of ketones is 1. The summed E-state index contributed by atoms with van der Waals surface area (Å²) in [5, 5.41) is 5.06. The number of amides is 2. The number of benzene rings is 2. The highest BCUT2D eigenvalue weighted by molar-refractivity contribution is 7.55. The van der Waals surface area contributed by atoms with Gasteiger partial charge in [-0.15, -0.1) is 0 Å². The summed E-state index contributed by atoms with van der Waals surface area (Å²) in [6.45, 7) is 3.41. The Balaban J connectivity index is 2.29. The van der Waals surface area contributed by atoms with Gasteiger partial charge in [-0.05, 0) is 26.0 Å². The van der Waals surface area contributed by atoms with Crippen molar-refractivity contribution >= 4 is 25.1 Å². The number of hydrogen-bond donors (Lipinski definition) is 2. The molecule has 2 N–H and O–H groups in total. The third kappa shape index (κ3) is 5.76. The highest BCUT2D eigenvalue weighted by Gasteiger charge is 2.42. The summed E-state index contributed by atoms with van der Waals surface area (Å²) in [5.74, 6) is -2.02. The average molecular weight is 390 g/mol. The van der Waals surface area contributed by atoms with E-state index in [1.54, 1.807) is 68.4 Å². The third-order valence-electron chi connectivity index (χ3n) is 3.54. The Morgan fingerprint density at radius 3 is 1.96 bits per heavy atom. The number of para-hydroxylation sites is 1. The van der Waals surface area contributed by atoms with Crippen molar-refractivity contribution in [3.8, 4) is 0 Å². The maximum absolute atomic E-state index is 13.2. The van der Waals surface area contributed by atoms with Crippen LogP contribution in [0.1, 0.15) is 24.2 Å². The Morgan fingerprint density at radius 1 is 0.926 bits per heavy atom. The fraction of sp³-hybridized carbons (Fsp3) is 0.263. The predicted molar refractivity (Wildman–Crippen MR) is 104 cm³/mol. The van der Waals surface area contributed by atoms with Crippen LogP contribution in [0.5, 0.6) is 0 Å². The van der Waals surface area contributed by atoms with E-state index in [4.69, 9.17) is 9.05 Å². The molecule has 0 saturated heterocycles. The Labute approximate surface area is 158 Å². The number of urea groups is 1. The van der Waals surface area contributed by atoms with Crippen LogP contribution in [-0.4, -0.2) is 30.8 Å². The van der Waals surface area contributed by atoms with Crippen LogP contribution in [0.3, 0.4) is 0 Å². The predicted octanol–water partition coefficient (Wildman–Crippen LogP) is 4.28. The molecule has 2 aromatic rings. The molecule has 2 aromatic carbocycles. The van der Waals surface area contributed by atoms with E-state index >= 15 is 0 Å². The molecule has 0 saturated carbocycles. The van der Waals surface area contributed by atoms with E-state index in [1.807, 2.05) is 6.07 Å². The summed E-state index contributed by atoms with van der Waals surface area (Å²) in [6.07, 6.45) is 0. The van der Waals surface area contributed by atoms with E-state index in [2.05, 4.69) is 10.6 Å². The first-order valence-electron chi connectivity index (χ1n) is 8.60. The number of carbonyl (C=O) groups is 2. The van der Waals surface area contributed by atoms with Crippen LogP contribution in [-0.2, 0) is 13.6 Å². The Kier molecular flexibility index (Phi) is 7.73. The molecule has 0 aliphatic rings. The molecule has 7 nitrogen and oxygen atoms in total. The molecule has 0 fully saturated rings. The number of anilines is 1. The van der Waals surface area contributed by atoms with Gasteiger partial charge >= 0.3 is 13.6 Å². The molecule has 2 amide bonds. The summed E-state index contributed by atoms with van der Waals surface area (Å²) in [7, 11) is -3.93. The van der Waals surface area contributed by atoms with Gasteiger partial charge < -0.3 is 19.7 Å². The van der Waals surface area contributed by atoms with Gasteiger partial charge in [-0.3, -0.25) is 9.36 Å². The zero-order valence-corrected chi connectivity index (χ0v) is 16.1. The molecule has 0 aromatic heterocycles. The van der Waals surface area contributed by atoms with Gasteiger partial charge in [0.15, 0.2) is 11.6 Å². The molecular formula is C19H23N2O5P. The van der Waals surface area contributed by atoms with Gasteiger partial charge in [0.25, 0.3) is 0 Å². The van der Waals surface area contributed by atoms with E-state index in [-0.39, 0.29) is 13.2 Å². The van der Waals surface area contributed by atoms with E-state index in [0.717, 1.165) is 0 Å². The smallest absolute Gasteiger partial charge is 0.317 e. The van der Waals surface area contributed by atoms with Crippen LogP contribution in [0.15, 0.2) is 60.7 Å². The van der Waals surface area contributed by atoms with Gasteiger partial charge in [0.2, 0.25) is 0 Å². The lowest BCUT2D eigenvalue weighted by atomic mass is 10.1. The molecule has 144 valence electrons. The second kappa shape index (κ2) is 10.0. The zero-order valence-electron chi connectivity index (χ0n) is 15.3. The van der Waals surface area contributed by atoms with Crippen molar-refractivity contribution in [2.24, 2.45) is 0 Å². The monoisotopic (exact) mass is 390 g/mol. The fourth-order valence-corrected chi connectivity index (χ4v) is 4.21. The van der Waals surface area contributed by atoms with E-state index in [0.29, 0.717) is 11.3 Å². The van der Waals surface area contributed by atoms with Crippen molar-refractivity contribution in [1.29, 1.82) is 0 Å². The molecule has 0 aliphatic heterocycles. The number of nitrogens with one attached hydrogen (secondary N) is 2. The second-order valence-electron chi connectivity index (χ2n) is 5.47. The minimum atomic E-state index is -3.93. The molecule has 1 unspecified atom stereocenters. The van der Waals surface area contributed by atoms with Crippen molar-refractivity contribution in [3.63, 3.8) is 0 Å². The van der Waals surface area contributed by atoms with Gasteiger partial charge in [-0.1, -0.05) is 48.5 Å². The van der Waals surface area contributed by atoms with Gasteiger partial charge in [-0.25, -0.2) is 4.79 Å². The van der Waals surface area contributed by atoms with Gasteiger partial charge in [0.1, 0.15) is 0 Å². The van der Waals surface area contributed by atoms with Gasteiger partial charge in [0, 0.05) is 11.3 Å². The minimum Gasteiger partial charge on any atom is -0.317 e. The lowest BCUT2D eigenvalue weighted by Crippen LogP contribution is -2.43. The Hall–Kier alpha value is -2.47. The standard InChI is InChI=1S/C19H23N2O5P/c1-3-25-27(24,26-4-2)18(17(22)15-11-7-5-8-12-15)21-19(23)20-16-13-9-6-10-14-16/h5-14,18H,3-4H2,1-2H3,(H2,20,21,23). The average Bonchev–Trinajstić information content (AvgIpc) is 2.67. The summed E-state index contributed by atoms with van der Waals surface area (Å²) in [6, 6.07) is 16.3. The number of hydrogen-bond acceptors (Lipinski definition) is 5. The van der Waals surface area contributed by atoms with Gasteiger partial charge in [0.05, 0.1) is 13.2 Å². The summed E-state index contributed by atoms with van der Waals surface area (Å²) in [4.78, 5) is 25.4. The van der Waals surface area contributed by atoms with E-state index < -0.39 is 25.2 Å². The SMILES string of the molecule is CCOP(=O)(OCC)C(NC(=O)Nc1ccccc1)C(=O)c1ccccc1. The van der Waals surface area contributed by atoms with Crippen LogP contribution in [0.25, 0.3) is 0 Å². The second-order valence-corrected chi connectivity index (χ2v) is 7.59. The van der Waals surface area contributed by atoms with Crippen LogP contribution < -0.4 is 10.6 Å². The van der Waals surface area contributed by atoms with Crippen LogP contribution in [0.4, 0.5) is 10.5 Å². The molecule has 8 heteroatoms. The fourth-order valence-electron chi connectivity index (χ4n) is 2.41. The van der Waals surface area contributed by atoms with E-state index in [9.17, 15) is 14.2 Å². The largest absolute Gasteiger partial charge is 0.360 e. The minimum absolute atomic E-state index is 0.0673. The summed E-state index contributed by atoms with van der Waals surface area (Å²) >= 11 is 0. The number of carbonyl (C=O) groups excluding carboxylic acids is 2. The van der Waals surface area contributed by atoms with Crippen LogP contribution in [0, 0.1) is 0 Å². The quantitative estimate of drug-likeness (QED) is 0.492. The number of Topliss-reactive ketones (excluding diaryl/α,β-unsaturated/α-hetero) is 1. The van der Waals surface area contributed by atoms with E-state index in [1.165, 1.54) is 0 Å². The highest BCUT2D eigenvalue weighted by Crippen LogP contribution is 2.52. The zero-order chi connectivity index (χ0) is 19.7. The van der Waals surface area contributed by atoms with Crippen LogP contribution >= 0.6 is 7.60 Å². The first-order valence-corrected chi connectivity index (χ1v) is 10.2. The topological polar surface area (TPSA) is 93.7 Å². The highest BCUT2D eigenvalue weighted by atomic mass is 31.2. The van der Waals surface area contributed by atoms with Crippen molar-refractivity contribution in [2.45, 2.75) is 19.6 Å². The van der Waals surface area contributed by atoms with Crippen molar-refractivity contribution in [3.05, 3.63) is 66.2 Å². The maximum Gasteiger partial charge on any atom is 0.360 e. The Morgan fingerprint density at radius 2 is 1.44 bits per heavy atom. The molecule has 0 spiro atoms. The molecule has 0 aliphatic carbocycles. The molecule has 27 heavy (non-hydrogen) atoms.